The van der Waals surface area contributed by atoms with E-state index in [4.69, 9.17) is 4.74 Å². The van der Waals surface area contributed by atoms with E-state index in [-0.39, 0.29) is 17.9 Å². The Kier molecular flexibility index (Phi) is 7.40. The number of aromatic nitrogens is 1. The quantitative estimate of drug-likeness (QED) is 0.496. The van der Waals surface area contributed by atoms with E-state index in [1.807, 2.05) is 69.8 Å². The number of carbonyl (C=O) groups is 2. The third-order valence-electron chi connectivity index (χ3n) is 6.00. The summed E-state index contributed by atoms with van der Waals surface area (Å²) in [4.78, 5) is 34.6. The Morgan fingerprint density at radius 3 is 2.42 bits per heavy atom. The van der Waals surface area contributed by atoms with E-state index in [0.717, 1.165) is 35.6 Å². The van der Waals surface area contributed by atoms with Gasteiger partial charge in [0, 0.05) is 42.2 Å². The summed E-state index contributed by atoms with van der Waals surface area (Å²) in [7, 11) is 1.64. The highest BCUT2D eigenvalue weighted by atomic mass is 32.1. The van der Waals surface area contributed by atoms with Crippen molar-refractivity contribution < 1.29 is 14.3 Å². The average molecular weight is 464 g/mol. The molecule has 0 atom stereocenters. The molecule has 0 aliphatic carbocycles. The van der Waals surface area contributed by atoms with Crippen LogP contribution in [0.3, 0.4) is 0 Å². The maximum absolute atomic E-state index is 13.4. The van der Waals surface area contributed by atoms with Gasteiger partial charge in [-0.3, -0.25) is 9.59 Å². The molecule has 1 aromatic heterocycles. The van der Waals surface area contributed by atoms with E-state index in [9.17, 15) is 9.59 Å². The molecule has 0 N–H and O–H groups in total. The minimum absolute atomic E-state index is 0.0271. The maximum Gasteiger partial charge on any atom is 0.273 e. The van der Waals surface area contributed by atoms with E-state index < -0.39 is 0 Å². The number of piperidine rings is 1. The Labute approximate surface area is 198 Å². The van der Waals surface area contributed by atoms with Crippen LogP contribution in [0.2, 0.25) is 0 Å². The van der Waals surface area contributed by atoms with Crippen LogP contribution in [0.1, 0.15) is 47.0 Å². The summed E-state index contributed by atoms with van der Waals surface area (Å²) >= 11 is 1.48. The summed E-state index contributed by atoms with van der Waals surface area (Å²) in [6.45, 7) is 4.07. The van der Waals surface area contributed by atoms with Crippen molar-refractivity contribution in [1.29, 1.82) is 0 Å². The first kappa shape index (κ1) is 23.0. The van der Waals surface area contributed by atoms with Gasteiger partial charge in [-0.1, -0.05) is 25.1 Å². The number of likely N-dealkylation sites (tertiary alicyclic amines) is 1. The van der Waals surface area contributed by atoms with Crippen LogP contribution >= 0.6 is 11.3 Å². The lowest BCUT2D eigenvalue weighted by atomic mass is 10.0. The van der Waals surface area contributed by atoms with Gasteiger partial charge in [-0.15, -0.1) is 11.3 Å². The number of thiazole rings is 1. The lowest BCUT2D eigenvalue weighted by Crippen LogP contribution is -2.49. The average Bonchev–Trinajstić information content (AvgIpc) is 3.38. The van der Waals surface area contributed by atoms with Gasteiger partial charge in [-0.2, -0.15) is 0 Å². The number of benzene rings is 2. The molecule has 1 fully saturated rings. The summed E-state index contributed by atoms with van der Waals surface area (Å²) in [5.41, 5.74) is 2.17. The van der Waals surface area contributed by atoms with Gasteiger partial charge >= 0.3 is 0 Å². The number of amides is 2. The van der Waals surface area contributed by atoms with Crippen molar-refractivity contribution in [2.45, 2.75) is 32.2 Å². The van der Waals surface area contributed by atoms with Crippen molar-refractivity contribution in [2.75, 3.05) is 26.7 Å². The second-order valence-electron chi connectivity index (χ2n) is 8.15. The zero-order valence-corrected chi connectivity index (χ0v) is 19.9. The molecule has 6 nitrogen and oxygen atoms in total. The molecule has 172 valence electrons. The maximum atomic E-state index is 13.4. The normalized spacial score (nSPS) is 14.2. The molecule has 1 saturated heterocycles. The van der Waals surface area contributed by atoms with Crippen LogP contribution in [0, 0.1) is 0 Å². The molecule has 1 aliphatic heterocycles. The SMILES string of the molecule is CCCN(C(=O)c1csc(-c2ccc(OC)cc2)n1)C1CCN(C(=O)c2ccccc2)CC1. The van der Waals surface area contributed by atoms with Crippen molar-refractivity contribution >= 4 is 23.2 Å². The molecular formula is C26H29N3O3S. The summed E-state index contributed by atoms with van der Waals surface area (Å²) in [6.07, 6.45) is 2.43. The molecule has 2 heterocycles. The molecule has 3 aromatic rings. The van der Waals surface area contributed by atoms with E-state index in [2.05, 4.69) is 11.9 Å². The van der Waals surface area contributed by atoms with Gasteiger partial charge in [-0.25, -0.2) is 4.98 Å². The first-order chi connectivity index (χ1) is 16.1. The highest BCUT2D eigenvalue weighted by molar-refractivity contribution is 7.13. The van der Waals surface area contributed by atoms with Gasteiger partial charge in [0.1, 0.15) is 16.5 Å². The summed E-state index contributed by atoms with van der Waals surface area (Å²) in [6, 6.07) is 17.2. The second kappa shape index (κ2) is 10.6. The van der Waals surface area contributed by atoms with E-state index in [1.54, 1.807) is 7.11 Å². The smallest absolute Gasteiger partial charge is 0.273 e. The highest BCUT2D eigenvalue weighted by Crippen LogP contribution is 2.27. The number of nitrogens with zero attached hydrogens (tertiary/aromatic N) is 3. The van der Waals surface area contributed by atoms with Gasteiger partial charge in [0.15, 0.2) is 0 Å². The third kappa shape index (κ3) is 5.25. The molecular weight excluding hydrogens is 434 g/mol. The fourth-order valence-electron chi connectivity index (χ4n) is 4.22. The van der Waals surface area contributed by atoms with Gasteiger partial charge in [0.05, 0.1) is 7.11 Å². The molecule has 33 heavy (non-hydrogen) atoms. The Bertz CT molecular complexity index is 1070. The molecule has 0 spiro atoms. The molecule has 0 saturated carbocycles. The summed E-state index contributed by atoms with van der Waals surface area (Å²) in [5.74, 6) is 0.824. The standard InChI is InChI=1S/C26H29N3O3S/c1-3-15-29(21-13-16-28(17-14-21)25(30)20-7-5-4-6-8-20)26(31)23-18-33-24(27-23)19-9-11-22(32-2)12-10-19/h4-12,18,21H,3,13-17H2,1-2H3. The molecule has 1 aliphatic rings. The van der Waals surface area contributed by atoms with Crippen LogP contribution < -0.4 is 4.74 Å². The van der Waals surface area contributed by atoms with E-state index in [1.165, 1.54) is 11.3 Å². The lowest BCUT2D eigenvalue weighted by molar-refractivity contribution is 0.0516. The fraction of sp³-hybridized carbons (Fsp3) is 0.346. The van der Waals surface area contributed by atoms with Crippen molar-refractivity contribution in [2.24, 2.45) is 0 Å². The molecule has 7 heteroatoms. The Morgan fingerprint density at radius 2 is 1.79 bits per heavy atom. The molecule has 0 bridgehead atoms. The largest absolute Gasteiger partial charge is 0.497 e. The zero-order valence-electron chi connectivity index (χ0n) is 19.1. The van der Waals surface area contributed by atoms with Crippen molar-refractivity contribution in [3.63, 3.8) is 0 Å². The number of hydrogen-bond donors (Lipinski definition) is 0. The molecule has 4 rings (SSSR count). The van der Waals surface area contributed by atoms with Gasteiger partial charge in [0.2, 0.25) is 0 Å². The number of hydrogen-bond acceptors (Lipinski definition) is 5. The van der Waals surface area contributed by atoms with E-state index in [0.29, 0.717) is 30.9 Å². The third-order valence-corrected chi connectivity index (χ3v) is 6.89. The monoisotopic (exact) mass is 463 g/mol. The summed E-state index contributed by atoms with van der Waals surface area (Å²) < 4.78 is 5.22. The minimum atomic E-state index is -0.0271. The highest BCUT2D eigenvalue weighted by Gasteiger charge is 2.31. The van der Waals surface area contributed by atoms with Crippen LogP contribution in [-0.2, 0) is 0 Å². The van der Waals surface area contributed by atoms with Crippen LogP contribution in [0.5, 0.6) is 5.75 Å². The second-order valence-corrected chi connectivity index (χ2v) is 9.01. The van der Waals surface area contributed by atoms with E-state index >= 15 is 0 Å². The van der Waals surface area contributed by atoms with Gasteiger partial charge in [-0.05, 0) is 55.7 Å². The lowest BCUT2D eigenvalue weighted by Gasteiger charge is -2.38. The van der Waals surface area contributed by atoms with Crippen LogP contribution in [-0.4, -0.2) is 59.4 Å². The van der Waals surface area contributed by atoms with Crippen LogP contribution in [0.25, 0.3) is 10.6 Å². The Morgan fingerprint density at radius 1 is 1.09 bits per heavy atom. The number of rotatable bonds is 7. The molecule has 2 aromatic carbocycles. The zero-order chi connectivity index (χ0) is 23.2. The van der Waals surface area contributed by atoms with Crippen molar-refractivity contribution in [3.8, 4) is 16.3 Å². The Balaban J connectivity index is 1.43. The summed E-state index contributed by atoms with van der Waals surface area (Å²) in [5, 5.41) is 2.67. The topological polar surface area (TPSA) is 62.7 Å². The fourth-order valence-corrected chi connectivity index (χ4v) is 5.02. The van der Waals surface area contributed by atoms with Gasteiger partial charge in [0.25, 0.3) is 11.8 Å². The first-order valence-corrected chi connectivity index (χ1v) is 12.2. The van der Waals surface area contributed by atoms with Crippen LogP contribution in [0.4, 0.5) is 0 Å². The predicted molar refractivity (Wildman–Crippen MR) is 131 cm³/mol. The van der Waals surface area contributed by atoms with Crippen LogP contribution in [0.15, 0.2) is 60.0 Å². The minimum Gasteiger partial charge on any atom is -0.497 e. The predicted octanol–water partition coefficient (Wildman–Crippen LogP) is 4.98. The Hall–Kier alpha value is -3.19. The molecule has 2 amide bonds. The van der Waals surface area contributed by atoms with Crippen molar-refractivity contribution in [1.82, 2.24) is 14.8 Å². The number of methoxy groups -OCH3 is 1. The number of carbonyl (C=O) groups excluding carboxylic acids is 2. The first-order valence-electron chi connectivity index (χ1n) is 11.4. The number of ether oxygens (including phenoxy) is 1. The van der Waals surface area contributed by atoms with Crippen molar-refractivity contribution in [3.05, 3.63) is 71.2 Å². The molecule has 0 unspecified atom stereocenters. The molecule has 0 radical (unpaired) electrons. The van der Waals surface area contributed by atoms with Gasteiger partial charge < -0.3 is 14.5 Å².